The lowest BCUT2D eigenvalue weighted by Gasteiger charge is -1.99. The highest BCUT2D eigenvalue weighted by Gasteiger charge is 2.24. The summed E-state index contributed by atoms with van der Waals surface area (Å²) in [6.45, 7) is 0. The summed E-state index contributed by atoms with van der Waals surface area (Å²) in [5.74, 6) is -0.322. The maximum atomic E-state index is 12.1. The van der Waals surface area contributed by atoms with E-state index in [0.29, 0.717) is 20.7 Å². The van der Waals surface area contributed by atoms with Crippen LogP contribution in [-0.4, -0.2) is 16.0 Å². The third-order valence-corrected chi connectivity index (χ3v) is 4.37. The van der Waals surface area contributed by atoms with Crippen LogP contribution in [0.25, 0.3) is 6.08 Å². The molecule has 0 radical (unpaired) electrons. The van der Waals surface area contributed by atoms with Crippen molar-refractivity contribution in [3.05, 3.63) is 74.1 Å². The zero-order valence-electron chi connectivity index (χ0n) is 12.1. The van der Waals surface area contributed by atoms with Crippen molar-refractivity contribution in [3.63, 3.8) is 0 Å². The van der Waals surface area contributed by atoms with E-state index in [2.05, 4.69) is 10.3 Å². The van der Waals surface area contributed by atoms with Crippen LogP contribution in [0.3, 0.4) is 0 Å². The van der Waals surface area contributed by atoms with Gasteiger partial charge in [-0.1, -0.05) is 29.8 Å². The second kappa shape index (κ2) is 6.86. The summed E-state index contributed by atoms with van der Waals surface area (Å²) in [5.41, 5.74) is 1.03. The molecule has 0 saturated carbocycles. The fraction of sp³-hybridized carbons (Fsp3) is 0. The first-order chi connectivity index (χ1) is 11.5. The van der Waals surface area contributed by atoms with Crippen LogP contribution in [0.15, 0.2) is 58.4 Å². The molecule has 1 N–H and O–H groups in total. The van der Waals surface area contributed by atoms with E-state index in [1.165, 1.54) is 24.3 Å². The summed E-state index contributed by atoms with van der Waals surface area (Å²) in [7, 11) is 0. The largest absolute Gasteiger partial charge is 0.300 e. The fourth-order valence-electron chi connectivity index (χ4n) is 2.00. The highest BCUT2D eigenvalue weighted by Crippen LogP contribution is 2.31. The maximum absolute atomic E-state index is 12.1. The molecular weight excluding hydrogens is 350 g/mol. The minimum Gasteiger partial charge on any atom is -0.300 e. The van der Waals surface area contributed by atoms with Gasteiger partial charge in [0.15, 0.2) is 5.17 Å². The van der Waals surface area contributed by atoms with Crippen LogP contribution in [0.5, 0.6) is 0 Å². The molecule has 0 aromatic heterocycles. The van der Waals surface area contributed by atoms with Crippen LogP contribution < -0.4 is 5.32 Å². The van der Waals surface area contributed by atoms with Gasteiger partial charge in [-0.05, 0) is 36.0 Å². The van der Waals surface area contributed by atoms with Gasteiger partial charge in [0.05, 0.1) is 15.5 Å². The van der Waals surface area contributed by atoms with E-state index in [1.54, 1.807) is 0 Å². The molecular formula is C16H10ClN3O3S. The summed E-state index contributed by atoms with van der Waals surface area (Å²) in [6.07, 6.45) is 1.52. The van der Waals surface area contributed by atoms with Crippen molar-refractivity contribution in [2.75, 3.05) is 0 Å². The normalized spacial score (nSPS) is 17.3. The first kappa shape index (κ1) is 16.2. The molecule has 0 atom stereocenters. The molecule has 1 heterocycles. The number of amides is 1. The summed E-state index contributed by atoms with van der Waals surface area (Å²) < 4.78 is 0. The van der Waals surface area contributed by atoms with Crippen LogP contribution in [0.1, 0.15) is 5.56 Å². The number of amidine groups is 1. The molecule has 3 rings (SSSR count). The smallest absolute Gasteiger partial charge is 0.270 e. The number of hydrogen-bond donors (Lipinski definition) is 1. The van der Waals surface area contributed by atoms with Crippen LogP contribution >= 0.6 is 23.4 Å². The summed E-state index contributed by atoms with van der Waals surface area (Å²) in [6, 6.07) is 13.3. The number of nitro benzene ring substituents is 1. The molecule has 1 aliphatic rings. The zero-order valence-corrected chi connectivity index (χ0v) is 13.7. The maximum Gasteiger partial charge on any atom is 0.270 e. The quantitative estimate of drug-likeness (QED) is 0.507. The third kappa shape index (κ3) is 3.64. The molecule has 1 amide bonds. The van der Waals surface area contributed by atoms with Crippen molar-refractivity contribution in [2.24, 2.45) is 4.99 Å². The number of non-ortho nitro benzene ring substituents is 1. The van der Waals surface area contributed by atoms with E-state index in [1.807, 2.05) is 30.3 Å². The number of nitrogens with zero attached hydrogens (tertiary/aromatic N) is 2. The first-order valence-electron chi connectivity index (χ1n) is 6.81. The number of thioether (sulfide) groups is 1. The number of para-hydroxylation sites is 1. The average molecular weight is 360 g/mol. The van der Waals surface area contributed by atoms with Crippen molar-refractivity contribution in [3.8, 4) is 0 Å². The standard InChI is InChI=1S/C16H10ClN3O3S/c17-13-7-6-12(20(22)23)8-10(13)9-14-15(21)19-16(24-14)18-11-4-2-1-3-5-11/h1-9H,(H,18,19,21). The Morgan fingerprint density at radius 3 is 2.67 bits per heavy atom. The number of rotatable bonds is 3. The lowest BCUT2D eigenvalue weighted by Crippen LogP contribution is -2.19. The van der Waals surface area contributed by atoms with E-state index in [-0.39, 0.29) is 11.6 Å². The van der Waals surface area contributed by atoms with Crippen molar-refractivity contribution in [1.82, 2.24) is 5.32 Å². The molecule has 8 heteroatoms. The zero-order chi connectivity index (χ0) is 17.1. The Bertz CT molecular complexity index is 881. The number of aliphatic imine (C=N–C) groups is 1. The van der Waals surface area contributed by atoms with Gasteiger partial charge in [0, 0.05) is 22.7 Å². The minimum absolute atomic E-state index is 0.0900. The first-order valence-corrected chi connectivity index (χ1v) is 8.01. The van der Waals surface area contributed by atoms with Gasteiger partial charge in [0.1, 0.15) is 0 Å². The minimum atomic E-state index is -0.511. The van der Waals surface area contributed by atoms with Crippen molar-refractivity contribution in [1.29, 1.82) is 0 Å². The number of benzene rings is 2. The van der Waals surface area contributed by atoms with E-state index < -0.39 is 4.92 Å². The molecule has 2 aromatic carbocycles. The Balaban J connectivity index is 1.89. The van der Waals surface area contributed by atoms with Crippen LogP contribution in [0.4, 0.5) is 11.4 Å². The monoisotopic (exact) mass is 359 g/mol. The van der Waals surface area contributed by atoms with Gasteiger partial charge in [-0.2, -0.15) is 0 Å². The van der Waals surface area contributed by atoms with Gasteiger partial charge >= 0.3 is 0 Å². The molecule has 0 aliphatic carbocycles. The van der Waals surface area contributed by atoms with Crippen LogP contribution in [0, 0.1) is 10.1 Å². The Morgan fingerprint density at radius 1 is 1.21 bits per heavy atom. The highest BCUT2D eigenvalue weighted by atomic mass is 35.5. The third-order valence-electron chi connectivity index (χ3n) is 3.11. The Kier molecular flexibility index (Phi) is 4.64. The number of halogens is 1. The lowest BCUT2D eigenvalue weighted by atomic mass is 10.2. The van der Waals surface area contributed by atoms with Crippen LogP contribution in [0.2, 0.25) is 5.02 Å². The second-order valence-corrected chi connectivity index (χ2v) is 6.22. The predicted molar refractivity (Wildman–Crippen MR) is 95.4 cm³/mol. The van der Waals surface area contributed by atoms with E-state index in [0.717, 1.165) is 17.4 Å². The van der Waals surface area contributed by atoms with Gasteiger partial charge < -0.3 is 5.32 Å². The van der Waals surface area contributed by atoms with Crippen molar-refractivity contribution >= 4 is 51.9 Å². The van der Waals surface area contributed by atoms with Crippen molar-refractivity contribution in [2.45, 2.75) is 0 Å². The highest BCUT2D eigenvalue weighted by molar-refractivity contribution is 8.18. The van der Waals surface area contributed by atoms with E-state index in [9.17, 15) is 14.9 Å². The van der Waals surface area contributed by atoms with Gasteiger partial charge in [0.2, 0.25) is 0 Å². The van der Waals surface area contributed by atoms with Gasteiger partial charge in [-0.25, -0.2) is 4.99 Å². The van der Waals surface area contributed by atoms with Gasteiger partial charge in [-0.3, -0.25) is 14.9 Å². The topological polar surface area (TPSA) is 84.6 Å². The molecule has 0 bridgehead atoms. The molecule has 1 fully saturated rings. The van der Waals surface area contributed by atoms with E-state index >= 15 is 0 Å². The Labute approximate surface area is 146 Å². The molecule has 120 valence electrons. The second-order valence-electron chi connectivity index (χ2n) is 4.78. The lowest BCUT2D eigenvalue weighted by molar-refractivity contribution is -0.384. The summed E-state index contributed by atoms with van der Waals surface area (Å²) in [5, 5.41) is 14.3. The molecule has 0 unspecified atom stereocenters. The average Bonchev–Trinajstić information content (AvgIpc) is 2.89. The molecule has 1 aliphatic heterocycles. The van der Waals surface area contributed by atoms with Crippen LogP contribution in [-0.2, 0) is 4.79 Å². The van der Waals surface area contributed by atoms with Crippen molar-refractivity contribution < 1.29 is 9.72 Å². The number of hydrogen-bond acceptors (Lipinski definition) is 5. The predicted octanol–water partition coefficient (Wildman–Crippen LogP) is 4.14. The van der Waals surface area contributed by atoms with Gasteiger partial charge in [-0.15, -0.1) is 0 Å². The molecule has 24 heavy (non-hydrogen) atoms. The number of carbonyl (C=O) groups excluding carboxylic acids is 1. The summed E-state index contributed by atoms with van der Waals surface area (Å²) >= 11 is 7.21. The molecule has 0 spiro atoms. The molecule has 6 nitrogen and oxygen atoms in total. The summed E-state index contributed by atoms with van der Waals surface area (Å²) in [4.78, 5) is 27.1. The number of nitro groups is 1. The van der Waals surface area contributed by atoms with E-state index in [4.69, 9.17) is 11.6 Å². The molecule has 1 saturated heterocycles. The number of nitrogens with one attached hydrogen (secondary N) is 1. The Hall–Kier alpha value is -2.64. The SMILES string of the molecule is O=C1NC(=Nc2ccccc2)SC1=Cc1cc([N+](=O)[O-])ccc1Cl. The fourth-order valence-corrected chi connectivity index (χ4v) is 3.00. The number of carbonyl (C=O) groups is 1. The Morgan fingerprint density at radius 2 is 1.96 bits per heavy atom. The van der Waals surface area contributed by atoms with Gasteiger partial charge in [0.25, 0.3) is 11.6 Å². The molecule has 2 aromatic rings.